The van der Waals surface area contributed by atoms with E-state index in [1.54, 1.807) is 24.3 Å². The van der Waals surface area contributed by atoms with Gasteiger partial charge in [0.2, 0.25) is 0 Å². The Kier molecular flexibility index (Phi) is 9.00. The number of benzene rings is 1. The van der Waals surface area contributed by atoms with Gasteiger partial charge in [-0.3, -0.25) is 4.79 Å². The lowest BCUT2D eigenvalue weighted by Crippen LogP contribution is -2.28. The van der Waals surface area contributed by atoms with E-state index in [1.165, 1.54) is 6.92 Å². The van der Waals surface area contributed by atoms with Gasteiger partial charge in [0, 0.05) is 13.5 Å². The van der Waals surface area contributed by atoms with Crippen LogP contribution in [0.15, 0.2) is 24.3 Å². The molecule has 21 heavy (non-hydrogen) atoms. The number of carbonyl (C=O) groups is 2. The molecule has 0 radical (unpaired) electrons. The quantitative estimate of drug-likeness (QED) is 0.613. The maximum atomic E-state index is 12.0. The van der Waals surface area contributed by atoms with Gasteiger partial charge < -0.3 is 20.5 Å². The summed E-state index contributed by atoms with van der Waals surface area (Å²) in [7, 11) is 0. The molecule has 0 heterocycles. The number of hydrogen-bond donors (Lipinski definition) is 1. The highest BCUT2D eigenvalue weighted by molar-refractivity contribution is 5.93. The van der Waals surface area contributed by atoms with E-state index < -0.39 is 11.9 Å². The Labute approximate surface area is 125 Å². The molecule has 0 atom stereocenters. The number of rotatable bonds is 7. The molecule has 0 aromatic heterocycles. The number of hydrogen-bond acceptors (Lipinski definition) is 6. The topological polar surface area (TPSA) is 90.8 Å². The zero-order chi connectivity index (χ0) is 15.0. The van der Waals surface area contributed by atoms with E-state index in [9.17, 15) is 9.59 Å². The van der Waals surface area contributed by atoms with Crippen molar-refractivity contribution < 1.29 is 19.1 Å². The molecule has 1 aromatic rings. The largest absolute Gasteiger partial charge is 0.461 e. The maximum absolute atomic E-state index is 12.0. The molecule has 1 rings (SSSR count). The van der Waals surface area contributed by atoms with Crippen LogP contribution in [0.5, 0.6) is 5.75 Å². The van der Waals surface area contributed by atoms with Crippen molar-refractivity contribution >= 4 is 11.9 Å². The van der Waals surface area contributed by atoms with Crippen LogP contribution in [0.1, 0.15) is 31.1 Å². The van der Waals surface area contributed by atoms with Crippen molar-refractivity contribution in [1.82, 2.24) is 11.1 Å². The molecule has 1 aromatic carbocycles. The minimum Gasteiger partial charge on any atom is -0.461 e. The lowest BCUT2D eigenvalue weighted by molar-refractivity contribution is -0.131. The maximum Gasteiger partial charge on any atom is 0.341 e. The number of likely N-dealkylation sites (N-methyl/N-ethyl adjacent to an activating group) is 1. The molecule has 0 spiro atoms. The Hall–Kier alpha value is -1.92. The summed E-state index contributed by atoms with van der Waals surface area (Å²) < 4.78 is 10.2. The smallest absolute Gasteiger partial charge is 0.341 e. The van der Waals surface area contributed by atoms with E-state index >= 15 is 0 Å². The fraction of sp³-hybridized carbons (Fsp3) is 0.467. The van der Waals surface area contributed by atoms with Crippen molar-refractivity contribution in [2.45, 2.75) is 20.8 Å². The average Bonchev–Trinajstić information content (AvgIpc) is 2.43. The van der Waals surface area contributed by atoms with E-state index in [0.717, 1.165) is 13.1 Å². The number of nitrogens with zero attached hydrogens (tertiary/aromatic N) is 1. The van der Waals surface area contributed by atoms with Crippen molar-refractivity contribution in [2.75, 3.05) is 26.2 Å². The van der Waals surface area contributed by atoms with E-state index in [0.29, 0.717) is 13.2 Å². The molecule has 0 saturated heterocycles. The molecule has 6 heteroatoms. The standard InChI is InChI=1S/C15H21NO4.H3N/c1-4-16(5-2)10-11-19-15(18)13-8-6-7-9-14(13)20-12(3)17;/h6-9H,4-5,10-11H2,1-3H3;1H3. The van der Waals surface area contributed by atoms with Crippen molar-refractivity contribution in [3.8, 4) is 5.75 Å². The molecular formula is C15H24N2O4. The predicted octanol–water partition coefficient (Wildman–Crippen LogP) is 2.27. The van der Waals surface area contributed by atoms with Gasteiger partial charge in [-0.15, -0.1) is 0 Å². The second-order valence-electron chi connectivity index (χ2n) is 4.25. The van der Waals surface area contributed by atoms with E-state index in [4.69, 9.17) is 9.47 Å². The summed E-state index contributed by atoms with van der Waals surface area (Å²) in [5, 5.41) is 0. The summed E-state index contributed by atoms with van der Waals surface area (Å²) in [5.74, 6) is -0.713. The van der Waals surface area contributed by atoms with Crippen LogP contribution in [0.2, 0.25) is 0 Å². The van der Waals surface area contributed by atoms with Gasteiger partial charge in [0.25, 0.3) is 0 Å². The number of para-hydroxylation sites is 1. The van der Waals surface area contributed by atoms with E-state index in [-0.39, 0.29) is 17.5 Å². The molecule has 6 nitrogen and oxygen atoms in total. The SMILES string of the molecule is CCN(CC)CCOC(=O)c1ccccc1OC(C)=O.N. The molecule has 0 aliphatic rings. The van der Waals surface area contributed by atoms with Gasteiger partial charge in [-0.1, -0.05) is 26.0 Å². The van der Waals surface area contributed by atoms with Gasteiger partial charge in [-0.2, -0.15) is 0 Å². The van der Waals surface area contributed by atoms with Crippen LogP contribution in [0, 0.1) is 0 Å². The second kappa shape index (κ2) is 9.90. The molecule has 0 aliphatic heterocycles. The third-order valence-corrected chi connectivity index (χ3v) is 2.90. The fourth-order valence-electron chi connectivity index (χ4n) is 1.76. The Morgan fingerprint density at radius 1 is 1.14 bits per heavy atom. The third kappa shape index (κ3) is 6.37. The minimum atomic E-state index is -0.478. The summed E-state index contributed by atoms with van der Waals surface area (Å²) >= 11 is 0. The fourth-order valence-corrected chi connectivity index (χ4v) is 1.76. The van der Waals surface area contributed by atoms with Crippen molar-refractivity contribution in [3.63, 3.8) is 0 Å². The Balaban J connectivity index is 0.00000400. The van der Waals surface area contributed by atoms with Gasteiger partial charge >= 0.3 is 11.9 Å². The molecule has 118 valence electrons. The van der Waals surface area contributed by atoms with Crippen molar-refractivity contribution in [1.29, 1.82) is 0 Å². The summed E-state index contributed by atoms with van der Waals surface area (Å²) in [5.41, 5.74) is 0.266. The predicted molar refractivity (Wildman–Crippen MR) is 80.8 cm³/mol. The van der Waals surface area contributed by atoms with Crippen LogP contribution >= 0.6 is 0 Å². The molecule has 0 aliphatic carbocycles. The highest BCUT2D eigenvalue weighted by atomic mass is 16.5. The molecule has 0 amide bonds. The Morgan fingerprint density at radius 2 is 1.76 bits per heavy atom. The van der Waals surface area contributed by atoms with Crippen molar-refractivity contribution in [2.24, 2.45) is 0 Å². The molecular weight excluding hydrogens is 272 g/mol. The van der Waals surface area contributed by atoms with Crippen LogP contribution in [-0.2, 0) is 9.53 Å². The van der Waals surface area contributed by atoms with E-state index in [1.807, 2.05) is 0 Å². The highest BCUT2D eigenvalue weighted by Gasteiger charge is 2.15. The van der Waals surface area contributed by atoms with Gasteiger partial charge in [-0.25, -0.2) is 4.79 Å². The van der Waals surface area contributed by atoms with Crippen LogP contribution in [0.4, 0.5) is 0 Å². The summed E-state index contributed by atoms with van der Waals surface area (Å²) in [4.78, 5) is 25.1. The van der Waals surface area contributed by atoms with Crippen LogP contribution in [0.3, 0.4) is 0 Å². The molecule has 0 bridgehead atoms. The first kappa shape index (κ1) is 19.1. The first-order valence-corrected chi connectivity index (χ1v) is 6.75. The van der Waals surface area contributed by atoms with Crippen LogP contribution < -0.4 is 10.9 Å². The second-order valence-corrected chi connectivity index (χ2v) is 4.25. The lowest BCUT2D eigenvalue weighted by Gasteiger charge is -2.17. The van der Waals surface area contributed by atoms with Gasteiger partial charge in [0.15, 0.2) is 0 Å². The number of esters is 2. The lowest BCUT2D eigenvalue weighted by atomic mass is 10.2. The molecule has 3 N–H and O–H groups in total. The Bertz CT molecular complexity index is 459. The highest BCUT2D eigenvalue weighted by Crippen LogP contribution is 2.19. The number of ether oxygens (including phenoxy) is 2. The van der Waals surface area contributed by atoms with Gasteiger partial charge in [0.1, 0.15) is 17.9 Å². The molecule has 0 unspecified atom stereocenters. The van der Waals surface area contributed by atoms with Gasteiger partial charge in [-0.05, 0) is 25.2 Å². The molecule has 0 saturated carbocycles. The van der Waals surface area contributed by atoms with Crippen LogP contribution in [-0.4, -0.2) is 43.1 Å². The minimum absolute atomic E-state index is 0. The van der Waals surface area contributed by atoms with E-state index in [2.05, 4.69) is 18.7 Å². The summed E-state index contributed by atoms with van der Waals surface area (Å²) in [6, 6.07) is 6.55. The molecule has 0 fully saturated rings. The van der Waals surface area contributed by atoms with Crippen molar-refractivity contribution in [3.05, 3.63) is 29.8 Å². The first-order chi connectivity index (χ1) is 9.58. The summed E-state index contributed by atoms with van der Waals surface area (Å²) in [6.07, 6.45) is 0. The summed E-state index contributed by atoms with van der Waals surface area (Å²) in [6.45, 7) is 8.24. The third-order valence-electron chi connectivity index (χ3n) is 2.90. The zero-order valence-electron chi connectivity index (χ0n) is 12.9. The monoisotopic (exact) mass is 296 g/mol. The zero-order valence-corrected chi connectivity index (χ0v) is 12.9. The average molecular weight is 296 g/mol. The van der Waals surface area contributed by atoms with Gasteiger partial charge in [0.05, 0.1) is 0 Å². The number of carbonyl (C=O) groups excluding carboxylic acids is 2. The Morgan fingerprint density at radius 3 is 2.33 bits per heavy atom. The normalized spacial score (nSPS) is 9.90. The first-order valence-electron chi connectivity index (χ1n) is 6.75. The van der Waals surface area contributed by atoms with Crippen LogP contribution in [0.25, 0.3) is 0 Å².